The average molecular weight is 566 g/mol. The Bertz CT molecular complexity index is 1020. The fraction of sp³-hybridized carbons (Fsp3) is 0.632. The van der Waals surface area contributed by atoms with Crippen LogP contribution in [-0.2, 0) is 11.3 Å². The lowest BCUT2D eigenvalue weighted by Gasteiger charge is -2.41. The molecule has 0 aliphatic carbocycles. The van der Waals surface area contributed by atoms with Crippen LogP contribution in [0.15, 0.2) is 18.2 Å². The predicted molar refractivity (Wildman–Crippen MR) is 95.2 cm³/mol. The lowest BCUT2D eigenvalue weighted by Crippen LogP contribution is -2.72. The molecule has 1 aromatic carbocycles. The number of piperazine rings is 1. The number of halogens is 13. The van der Waals surface area contributed by atoms with E-state index in [9.17, 15) is 61.9 Å². The SMILES string of the molecule is O=C(N1CCN(Cc2ccc3c(c2)OCO3)CC1)C(F)(F)C(F)(F)C(F)(F)C(F)(F)C(F)(F)C(F)(F)F. The van der Waals surface area contributed by atoms with Gasteiger partial charge in [-0.1, -0.05) is 6.07 Å². The van der Waals surface area contributed by atoms with Gasteiger partial charge in [0.05, 0.1) is 0 Å². The van der Waals surface area contributed by atoms with E-state index in [-0.39, 0.29) is 31.3 Å². The Hall–Kier alpha value is -2.66. The number of ether oxygens (including phenoxy) is 2. The lowest BCUT2D eigenvalue weighted by molar-refractivity contribution is -0.436. The minimum absolute atomic E-state index is 0.0305. The fourth-order valence-electron chi connectivity index (χ4n) is 3.51. The summed E-state index contributed by atoms with van der Waals surface area (Å²) in [6, 6.07) is 4.71. The number of alkyl halides is 13. The van der Waals surface area contributed by atoms with Crippen molar-refractivity contribution in [1.82, 2.24) is 9.80 Å². The highest BCUT2D eigenvalue weighted by Crippen LogP contribution is 2.60. The van der Waals surface area contributed by atoms with E-state index < -0.39 is 54.8 Å². The molecule has 1 aromatic rings. The van der Waals surface area contributed by atoms with Gasteiger partial charge < -0.3 is 14.4 Å². The molecule has 2 aliphatic rings. The van der Waals surface area contributed by atoms with Crippen LogP contribution in [0.25, 0.3) is 0 Å². The second kappa shape index (κ2) is 8.97. The molecule has 37 heavy (non-hydrogen) atoms. The first-order chi connectivity index (χ1) is 16.7. The number of fused-ring (bicyclic) bond motifs is 1. The summed E-state index contributed by atoms with van der Waals surface area (Å²) >= 11 is 0. The van der Waals surface area contributed by atoms with Gasteiger partial charge in [-0.05, 0) is 17.7 Å². The first-order valence-corrected chi connectivity index (χ1v) is 10.0. The molecule has 3 rings (SSSR count). The smallest absolute Gasteiger partial charge is 0.454 e. The van der Waals surface area contributed by atoms with E-state index in [2.05, 4.69) is 0 Å². The Balaban J connectivity index is 1.72. The Labute approximate surface area is 198 Å². The zero-order valence-corrected chi connectivity index (χ0v) is 18.0. The van der Waals surface area contributed by atoms with Crippen molar-refractivity contribution >= 4 is 5.91 Å². The maximum Gasteiger partial charge on any atom is 0.460 e. The zero-order valence-electron chi connectivity index (χ0n) is 18.0. The monoisotopic (exact) mass is 566 g/mol. The van der Waals surface area contributed by atoms with Gasteiger partial charge in [-0.25, -0.2) is 0 Å². The Kier molecular flexibility index (Phi) is 7.01. The number of hydrogen-bond donors (Lipinski definition) is 0. The van der Waals surface area contributed by atoms with Gasteiger partial charge in [-0.2, -0.15) is 57.1 Å². The van der Waals surface area contributed by atoms with Crippen molar-refractivity contribution in [1.29, 1.82) is 0 Å². The highest BCUT2D eigenvalue weighted by Gasteiger charge is 2.91. The second-order valence-corrected chi connectivity index (χ2v) is 8.13. The lowest BCUT2D eigenvalue weighted by atomic mass is 9.93. The molecule has 5 nitrogen and oxygen atoms in total. The highest BCUT2D eigenvalue weighted by molar-refractivity contribution is 5.85. The number of amides is 1. The summed E-state index contributed by atoms with van der Waals surface area (Å²) in [5.74, 6) is -40.6. The van der Waals surface area contributed by atoms with Gasteiger partial charge in [0, 0.05) is 32.7 Å². The van der Waals surface area contributed by atoms with Crippen molar-refractivity contribution < 1.29 is 71.3 Å². The van der Waals surface area contributed by atoms with E-state index in [1.165, 1.54) is 4.90 Å². The summed E-state index contributed by atoms with van der Waals surface area (Å²) in [5, 5.41) is 0. The van der Waals surface area contributed by atoms with Crippen molar-refractivity contribution in [3.8, 4) is 11.5 Å². The molecular weight excluding hydrogens is 551 g/mol. The van der Waals surface area contributed by atoms with Gasteiger partial charge in [0.25, 0.3) is 5.91 Å². The van der Waals surface area contributed by atoms with Crippen LogP contribution >= 0.6 is 0 Å². The molecule has 2 heterocycles. The van der Waals surface area contributed by atoms with Crippen LogP contribution in [0.4, 0.5) is 57.1 Å². The molecule has 0 N–H and O–H groups in total. The average Bonchev–Trinajstić information content (AvgIpc) is 3.25. The summed E-state index contributed by atoms with van der Waals surface area (Å²) < 4.78 is 183. The molecule has 0 bridgehead atoms. The predicted octanol–water partition coefficient (Wildman–Crippen LogP) is 4.80. The van der Waals surface area contributed by atoms with Gasteiger partial charge in [-0.15, -0.1) is 0 Å². The van der Waals surface area contributed by atoms with Crippen LogP contribution < -0.4 is 9.47 Å². The molecule has 210 valence electrons. The molecule has 2 aliphatic heterocycles. The molecule has 1 fully saturated rings. The summed E-state index contributed by atoms with van der Waals surface area (Å²) in [4.78, 5) is 13.3. The number of hydrogen-bond acceptors (Lipinski definition) is 4. The van der Waals surface area contributed by atoms with Gasteiger partial charge in [-0.3, -0.25) is 9.69 Å². The third-order valence-electron chi connectivity index (χ3n) is 5.70. The molecule has 0 unspecified atom stereocenters. The standard InChI is InChI=1S/C19H15F13N2O3/c20-14(21,15(22,23)16(24,25)17(26,27)18(28,29)19(30,31)32)13(35)34-5-3-33(4-6-34)8-10-1-2-11-12(7-10)37-9-36-11/h1-2,7H,3-6,8-9H2. The van der Waals surface area contributed by atoms with Gasteiger partial charge >= 0.3 is 35.8 Å². The quantitative estimate of drug-likeness (QED) is 0.445. The van der Waals surface area contributed by atoms with E-state index in [1.54, 1.807) is 18.2 Å². The summed E-state index contributed by atoms with van der Waals surface area (Å²) in [7, 11) is 0. The van der Waals surface area contributed by atoms with Crippen LogP contribution in [0.5, 0.6) is 11.5 Å². The third kappa shape index (κ3) is 4.50. The topological polar surface area (TPSA) is 42.0 Å². The van der Waals surface area contributed by atoms with Gasteiger partial charge in [0.1, 0.15) is 0 Å². The molecule has 1 amide bonds. The highest BCUT2D eigenvalue weighted by atomic mass is 19.4. The molecule has 1 saturated heterocycles. The molecule has 0 radical (unpaired) electrons. The minimum atomic E-state index is -8.05. The molecule has 0 spiro atoms. The van der Waals surface area contributed by atoms with Crippen molar-refractivity contribution in [3.05, 3.63) is 23.8 Å². The van der Waals surface area contributed by atoms with Crippen LogP contribution in [0.2, 0.25) is 0 Å². The molecular formula is C19H15F13N2O3. The molecule has 0 saturated carbocycles. The fourth-order valence-corrected chi connectivity index (χ4v) is 3.51. The van der Waals surface area contributed by atoms with Crippen LogP contribution in [0.1, 0.15) is 5.56 Å². The Morgan fingerprint density at radius 3 is 1.76 bits per heavy atom. The largest absolute Gasteiger partial charge is 0.460 e. The van der Waals surface area contributed by atoms with E-state index >= 15 is 0 Å². The number of nitrogens with zero attached hydrogens (tertiary/aromatic N) is 2. The molecule has 0 aromatic heterocycles. The minimum Gasteiger partial charge on any atom is -0.454 e. The second-order valence-electron chi connectivity index (χ2n) is 8.13. The van der Waals surface area contributed by atoms with Crippen LogP contribution in [-0.4, -0.2) is 84.5 Å². The van der Waals surface area contributed by atoms with Gasteiger partial charge in [0.2, 0.25) is 6.79 Å². The molecule has 18 heteroatoms. The number of rotatable bonds is 7. The maximum atomic E-state index is 14.1. The van der Waals surface area contributed by atoms with Crippen molar-refractivity contribution in [2.45, 2.75) is 42.3 Å². The molecule has 0 atom stereocenters. The van der Waals surface area contributed by atoms with Crippen molar-refractivity contribution in [2.75, 3.05) is 33.0 Å². The van der Waals surface area contributed by atoms with Crippen LogP contribution in [0.3, 0.4) is 0 Å². The van der Waals surface area contributed by atoms with Crippen LogP contribution in [0, 0.1) is 0 Å². The zero-order chi connectivity index (χ0) is 28.2. The summed E-state index contributed by atoms with van der Waals surface area (Å²) in [5.41, 5.74) is 0.605. The van der Waals surface area contributed by atoms with E-state index in [0.29, 0.717) is 17.1 Å². The Morgan fingerprint density at radius 1 is 0.703 bits per heavy atom. The normalized spacial score (nSPS) is 18.4. The first kappa shape index (κ1) is 28.9. The van der Waals surface area contributed by atoms with Crippen molar-refractivity contribution in [3.63, 3.8) is 0 Å². The maximum absolute atomic E-state index is 14.1. The van der Waals surface area contributed by atoms with E-state index in [4.69, 9.17) is 9.47 Å². The summed E-state index contributed by atoms with van der Waals surface area (Å²) in [6.45, 7) is -2.15. The third-order valence-corrected chi connectivity index (χ3v) is 5.70. The number of carbonyl (C=O) groups is 1. The van der Waals surface area contributed by atoms with Gasteiger partial charge in [0.15, 0.2) is 11.5 Å². The number of carbonyl (C=O) groups excluding carboxylic acids is 1. The van der Waals surface area contributed by atoms with E-state index in [1.807, 2.05) is 0 Å². The van der Waals surface area contributed by atoms with E-state index in [0.717, 1.165) is 0 Å². The number of benzene rings is 1. The first-order valence-electron chi connectivity index (χ1n) is 10.0. The van der Waals surface area contributed by atoms with Crippen molar-refractivity contribution in [2.24, 2.45) is 0 Å². The Morgan fingerprint density at radius 2 is 1.22 bits per heavy atom. The summed E-state index contributed by atoms with van der Waals surface area (Å²) in [6.07, 6.45) is -7.51.